The summed E-state index contributed by atoms with van der Waals surface area (Å²) >= 11 is 0. The van der Waals surface area contributed by atoms with Gasteiger partial charge in [-0.05, 0) is 60.9 Å². The number of carbonyl (C=O) groups is 1. The van der Waals surface area contributed by atoms with Gasteiger partial charge in [0, 0.05) is 49.4 Å². The van der Waals surface area contributed by atoms with Gasteiger partial charge in [-0.1, -0.05) is 18.6 Å². The molecule has 1 aromatic carbocycles. The SMILES string of the molecule is COc1ccc(-c2cnc3c(c2)cc(C(=O)NC2CC4(CCC4)C2)c(=O)n3CCN2CCOCC2)cc1. The minimum absolute atomic E-state index is 0.161. The van der Waals surface area contributed by atoms with Gasteiger partial charge in [0.05, 0.1) is 20.3 Å². The first-order chi connectivity index (χ1) is 18.0. The standard InChI is InChI=1S/C29H34N4O4/c1-36-24-5-3-20(4-6-24)22-15-21-16-25(27(34)31-23-17-29(18-23)7-2-8-29)28(35)33(26(21)30-19-22)10-9-32-11-13-37-14-12-32/h3-6,15-16,19,23H,2,7-14,17-18H2,1H3,(H,31,34). The maximum atomic E-state index is 13.6. The molecule has 2 aromatic heterocycles. The first-order valence-electron chi connectivity index (χ1n) is 13.3. The summed E-state index contributed by atoms with van der Waals surface area (Å²) in [5, 5.41) is 3.92. The molecule has 0 atom stereocenters. The van der Waals surface area contributed by atoms with Crippen LogP contribution >= 0.6 is 0 Å². The molecule has 0 radical (unpaired) electrons. The van der Waals surface area contributed by atoms with E-state index in [1.54, 1.807) is 23.9 Å². The third-order valence-electron chi connectivity index (χ3n) is 8.45. The minimum Gasteiger partial charge on any atom is -0.497 e. The molecule has 8 heteroatoms. The topological polar surface area (TPSA) is 85.7 Å². The third-order valence-corrected chi connectivity index (χ3v) is 8.45. The van der Waals surface area contributed by atoms with E-state index in [4.69, 9.17) is 14.5 Å². The summed E-state index contributed by atoms with van der Waals surface area (Å²) in [5.41, 5.74) is 2.89. The Balaban J connectivity index is 1.32. The maximum absolute atomic E-state index is 13.6. The second-order valence-electron chi connectivity index (χ2n) is 10.8. The van der Waals surface area contributed by atoms with Crippen molar-refractivity contribution in [1.29, 1.82) is 0 Å². The van der Waals surface area contributed by atoms with Crippen LogP contribution in [0.4, 0.5) is 0 Å². The van der Waals surface area contributed by atoms with E-state index in [9.17, 15) is 9.59 Å². The number of morpholine rings is 1. The van der Waals surface area contributed by atoms with Gasteiger partial charge in [0.2, 0.25) is 0 Å². The van der Waals surface area contributed by atoms with E-state index in [1.165, 1.54) is 19.3 Å². The predicted molar refractivity (Wildman–Crippen MR) is 142 cm³/mol. The van der Waals surface area contributed by atoms with Crippen LogP contribution in [-0.4, -0.2) is 66.4 Å². The molecular formula is C29H34N4O4. The zero-order valence-electron chi connectivity index (χ0n) is 21.4. The highest BCUT2D eigenvalue weighted by atomic mass is 16.5. The van der Waals surface area contributed by atoms with Gasteiger partial charge in [0.1, 0.15) is 17.0 Å². The van der Waals surface area contributed by atoms with Crippen molar-refractivity contribution >= 4 is 16.9 Å². The number of ether oxygens (including phenoxy) is 2. The highest BCUT2D eigenvalue weighted by molar-refractivity contribution is 5.97. The Morgan fingerprint density at radius 1 is 1.11 bits per heavy atom. The molecule has 194 valence electrons. The van der Waals surface area contributed by atoms with E-state index in [-0.39, 0.29) is 23.1 Å². The first kappa shape index (κ1) is 24.1. The minimum atomic E-state index is -0.277. The molecule has 8 nitrogen and oxygen atoms in total. The summed E-state index contributed by atoms with van der Waals surface area (Å²) < 4.78 is 12.4. The van der Waals surface area contributed by atoms with Crippen molar-refractivity contribution in [3.8, 4) is 16.9 Å². The molecule has 3 fully saturated rings. The summed E-state index contributed by atoms with van der Waals surface area (Å²) in [7, 11) is 1.64. The number of benzene rings is 1. The largest absolute Gasteiger partial charge is 0.497 e. The average Bonchev–Trinajstić information content (AvgIpc) is 2.89. The molecule has 2 saturated carbocycles. The van der Waals surface area contributed by atoms with E-state index in [0.29, 0.717) is 37.4 Å². The lowest BCUT2D eigenvalue weighted by molar-refractivity contribution is -0.000652. The number of carbonyl (C=O) groups excluding carboxylic acids is 1. The van der Waals surface area contributed by atoms with Gasteiger partial charge in [-0.3, -0.25) is 19.1 Å². The number of nitrogens with zero attached hydrogens (tertiary/aromatic N) is 3. The van der Waals surface area contributed by atoms with Gasteiger partial charge in [0.25, 0.3) is 11.5 Å². The van der Waals surface area contributed by atoms with Crippen molar-refractivity contribution in [1.82, 2.24) is 19.8 Å². The fourth-order valence-electron chi connectivity index (χ4n) is 6.08. The Morgan fingerprint density at radius 3 is 2.54 bits per heavy atom. The number of aromatic nitrogens is 2. The van der Waals surface area contributed by atoms with E-state index in [2.05, 4.69) is 10.2 Å². The lowest BCUT2D eigenvalue weighted by Crippen LogP contribution is -2.54. The quantitative estimate of drug-likeness (QED) is 0.533. The molecule has 1 N–H and O–H groups in total. The van der Waals surface area contributed by atoms with Crippen LogP contribution in [0.15, 0.2) is 47.4 Å². The van der Waals surface area contributed by atoms with Gasteiger partial charge in [0.15, 0.2) is 0 Å². The number of hydrogen-bond donors (Lipinski definition) is 1. The number of amides is 1. The Bertz CT molecular complexity index is 1350. The van der Waals surface area contributed by atoms with Crippen molar-refractivity contribution in [2.24, 2.45) is 5.41 Å². The fourth-order valence-corrected chi connectivity index (χ4v) is 6.08. The van der Waals surface area contributed by atoms with Crippen LogP contribution < -0.4 is 15.6 Å². The molecule has 3 heterocycles. The number of fused-ring (bicyclic) bond motifs is 1. The van der Waals surface area contributed by atoms with E-state index >= 15 is 0 Å². The molecule has 1 aliphatic heterocycles. The number of methoxy groups -OCH3 is 1. The van der Waals surface area contributed by atoms with Gasteiger partial charge in [-0.2, -0.15) is 0 Å². The zero-order valence-corrected chi connectivity index (χ0v) is 21.4. The van der Waals surface area contributed by atoms with Gasteiger partial charge in [-0.15, -0.1) is 0 Å². The second-order valence-corrected chi connectivity index (χ2v) is 10.8. The first-order valence-corrected chi connectivity index (χ1v) is 13.3. The summed E-state index contributed by atoms with van der Waals surface area (Å²) in [4.78, 5) is 33.9. The van der Waals surface area contributed by atoms with Crippen LogP contribution in [-0.2, 0) is 11.3 Å². The van der Waals surface area contributed by atoms with Crippen LogP contribution in [0.5, 0.6) is 5.75 Å². The summed E-state index contributed by atoms with van der Waals surface area (Å²) in [6, 6.07) is 11.7. The van der Waals surface area contributed by atoms with Crippen molar-refractivity contribution in [2.75, 3.05) is 40.0 Å². The molecule has 6 rings (SSSR count). The molecule has 3 aliphatic rings. The van der Waals surface area contributed by atoms with Crippen LogP contribution in [0.3, 0.4) is 0 Å². The van der Waals surface area contributed by atoms with Crippen molar-refractivity contribution in [3.05, 3.63) is 58.5 Å². The molecule has 1 saturated heterocycles. The lowest BCUT2D eigenvalue weighted by atomic mass is 9.54. The normalized spacial score (nSPS) is 19.4. The van der Waals surface area contributed by atoms with Crippen LogP contribution in [0.2, 0.25) is 0 Å². The molecular weight excluding hydrogens is 468 g/mol. The summed E-state index contributed by atoms with van der Waals surface area (Å²) in [5.74, 6) is 0.508. The Morgan fingerprint density at radius 2 is 1.86 bits per heavy atom. The Hall–Kier alpha value is -3.23. The smallest absolute Gasteiger partial charge is 0.265 e. The zero-order chi connectivity index (χ0) is 25.4. The van der Waals surface area contributed by atoms with Crippen molar-refractivity contribution < 1.29 is 14.3 Å². The van der Waals surface area contributed by atoms with Gasteiger partial charge in [-0.25, -0.2) is 4.98 Å². The lowest BCUT2D eigenvalue weighted by Gasteiger charge is -2.54. The predicted octanol–water partition coefficient (Wildman–Crippen LogP) is 3.47. The Labute approximate surface area is 216 Å². The highest BCUT2D eigenvalue weighted by Crippen LogP contribution is 2.55. The van der Waals surface area contributed by atoms with Crippen LogP contribution in [0.25, 0.3) is 22.2 Å². The number of pyridine rings is 2. The second kappa shape index (κ2) is 9.91. The number of rotatable bonds is 7. The van der Waals surface area contributed by atoms with Crippen LogP contribution in [0.1, 0.15) is 42.5 Å². The molecule has 37 heavy (non-hydrogen) atoms. The van der Waals surface area contributed by atoms with E-state index in [1.807, 2.05) is 30.3 Å². The molecule has 2 aliphatic carbocycles. The number of nitrogens with one attached hydrogen (secondary N) is 1. The summed E-state index contributed by atoms with van der Waals surface area (Å²) in [6.07, 6.45) is 7.68. The maximum Gasteiger partial charge on any atom is 0.265 e. The Kier molecular flexibility index (Phi) is 6.46. The highest BCUT2D eigenvalue weighted by Gasteiger charge is 2.48. The van der Waals surface area contributed by atoms with E-state index < -0.39 is 0 Å². The van der Waals surface area contributed by atoms with Gasteiger partial charge < -0.3 is 14.8 Å². The molecule has 0 unspecified atom stereocenters. The molecule has 3 aromatic rings. The monoisotopic (exact) mass is 502 g/mol. The third kappa shape index (κ3) is 4.76. The average molecular weight is 503 g/mol. The molecule has 1 amide bonds. The fraction of sp³-hybridized carbons (Fsp3) is 0.483. The molecule has 1 spiro atoms. The van der Waals surface area contributed by atoms with E-state index in [0.717, 1.165) is 48.2 Å². The van der Waals surface area contributed by atoms with Crippen molar-refractivity contribution in [2.45, 2.75) is 44.7 Å². The summed E-state index contributed by atoms with van der Waals surface area (Å²) in [6.45, 7) is 4.25. The van der Waals surface area contributed by atoms with Crippen LogP contribution in [0, 0.1) is 5.41 Å². The molecule has 0 bridgehead atoms. The van der Waals surface area contributed by atoms with Gasteiger partial charge >= 0.3 is 0 Å². The number of hydrogen-bond acceptors (Lipinski definition) is 6. The van der Waals surface area contributed by atoms with Crippen molar-refractivity contribution in [3.63, 3.8) is 0 Å².